The molecule has 10 heteroatoms. The number of carbonyl (C=O) groups is 1. The topological polar surface area (TPSA) is 106 Å². The molecule has 1 saturated heterocycles. The molecule has 0 bridgehead atoms. The van der Waals surface area contributed by atoms with E-state index in [2.05, 4.69) is 25.3 Å². The fraction of sp³-hybridized carbons (Fsp3) is 0.391. The molecule has 10 nitrogen and oxygen atoms in total. The summed E-state index contributed by atoms with van der Waals surface area (Å²) in [5, 5.41) is 6.99. The molecule has 3 heterocycles. The Balaban J connectivity index is 1.18. The summed E-state index contributed by atoms with van der Waals surface area (Å²) in [5.41, 5.74) is 1.41. The van der Waals surface area contributed by atoms with E-state index in [1.165, 1.54) is 0 Å². The van der Waals surface area contributed by atoms with Gasteiger partial charge in [0.15, 0.2) is 11.5 Å². The molecule has 0 unspecified atom stereocenters. The smallest absolute Gasteiger partial charge is 0.322 e. The van der Waals surface area contributed by atoms with E-state index in [0.717, 1.165) is 30.1 Å². The molecular formula is C23H26N6O4. The van der Waals surface area contributed by atoms with Crippen LogP contribution in [0.15, 0.2) is 41.1 Å². The van der Waals surface area contributed by atoms with Gasteiger partial charge in [-0.25, -0.2) is 9.78 Å². The first-order valence-electron chi connectivity index (χ1n) is 11.0. The summed E-state index contributed by atoms with van der Waals surface area (Å²) in [6.45, 7) is 2.53. The number of pyridine rings is 1. The van der Waals surface area contributed by atoms with Crippen LogP contribution in [0.3, 0.4) is 0 Å². The van der Waals surface area contributed by atoms with Gasteiger partial charge in [-0.2, -0.15) is 4.98 Å². The van der Waals surface area contributed by atoms with Gasteiger partial charge in [-0.1, -0.05) is 11.2 Å². The van der Waals surface area contributed by atoms with Gasteiger partial charge in [-0.05, 0) is 37.1 Å². The van der Waals surface area contributed by atoms with Gasteiger partial charge in [0, 0.05) is 43.9 Å². The van der Waals surface area contributed by atoms with Gasteiger partial charge in [-0.15, -0.1) is 0 Å². The number of hydrogen-bond donors (Lipinski definition) is 1. The first-order chi connectivity index (χ1) is 16.2. The number of carbonyl (C=O) groups excluding carboxylic acids is 1. The number of methoxy groups -OCH3 is 2. The lowest BCUT2D eigenvalue weighted by Gasteiger charge is -2.35. The summed E-state index contributed by atoms with van der Waals surface area (Å²) < 4.78 is 16.0. The molecule has 0 radical (unpaired) electrons. The Morgan fingerprint density at radius 1 is 1.09 bits per heavy atom. The van der Waals surface area contributed by atoms with Crippen molar-refractivity contribution in [2.45, 2.75) is 18.8 Å². The maximum atomic E-state index is 12.8. The Morgan fingerprint density at radius 2 is 1.91 bits per heavy atom. The highest BCUT2D eigenvalue weighted by Gasteiger charge is 2.30. The molecule has 3 aromatic rings. The number of nitrogens with one attached hydrogen (secondary N) is 1. The van der Waals surface area contributed by atoms with Crippen LogP contribution in [0.1, 0.15) is 24.7 Å². The molecule has 172 valence electrons. The molecular weight excluding hydrogens is 424 g/mol. The fourth-order valence-corrected chi connectivity index (χ4v) is 3.87. The molecule has 1 aliphatic heterocycles. The highest BCUT2D eigenvalue weighted by atomic mass is 16.5. The predicted molar refractivity (Wildman–Crippen MR) is 122 cm³/mol. The van der Waals surface area contributed by atoms with E-state index in [1.54, 1.807) is 37.4 Å². The maximum Gasteiger partial charge on any atom is 0.322 e. The Labute approximate surface area is 191 Å². The van der Waals surface area contributed by atoms with Crippen LogP contribution in [0.25, 0.3) is 11.4 Å². The van der Waals surface area contributed by atoms with Crippen molar-refractivity contribution in [3.05, 3.63) is 42.4 Å². The second-order valence-electron chi connectivity index (χ2n) is 8.08. The van der Waals surface area contributed by atoms with Crippen molar-refractivity contribution in [1.29, 1.82) is 0 Å². The van der Waals surface area contributed by atoms with Crippen molar-refractivity contribution >= 4 is 17.5 Å². The Kier molecular flexibility index (Phi) is 5.72. The highest BCUT2D eigenvalue weighted by molar-refractivity contribution is 5.91. The maximum absolute atomic E-state index is 12.8. The second-order valence-corrected chi connectivity index (χ2v) is 8.08. The monoisotopic (exact) mass is 450 g/mol. The third kappa shape index (κ3) is 4.41. The fourth-order valence-electron chi connectivity index (χ4n) is 3.87. The summed E-state index contributed by atoms with van der Waals surface area (Å²) in [4.78, 5) is 25.8. The van der Waals surface area contributed by atoms with Crippen LogP contribution < -0.4 is 19.7 Å². The molecule has 2 amide bonds. The van der Waals surface area contributed by atoms with Gasteiger partial charge < -0.3 is 29.1 Å². The SMILES string of the molecule is COc1cccc(NC(=O)N2CCN(c3ccc(-c4noc(C5CC5)n4)cn3)CC2)c1OC. The Bertz CT molecular complexity index is 1120. The minimum atomic E-state index is -0.173. The third-order valence-corrected chi connectivity index (χ3v) is 5.91. The molecule has 0 spiro atoms. The van der Waals surface area contributed by atoms with Crippen molar-refractivity contribution in [3.63, 3.8) is 0 Å². The summed E-state index contributed by atoms with van der Waals surface area (Å²) in [6, 6.07) is 9.13. The average molecular weight is 450 g/mol. The minimum Gasteiger partial charge on any atom is -0.493 e. The number of ether oxygens (including phenoxy) is 2. The number of benzene rings is 1. The van der Waals surface area contributed by atoms with E-state index in [1.807, 2.05) is 18.2 Å². The second kappa shape index (κ2) is 8.97. The molecule has 33 heavy (non-hydrogen) atoms. The van der Waals surface area contributed by atoms with Crippen LogP contribution >= 0.6 is 0 Å². The number of aromatic nitrogens is 3. The standard InChI is InChI=1S/C23H26N6O4/c1-31-18-5-3-4-17(20(18)32-2)25-23(30)29-12-10-28(11-13-29)19-9-8-16(14-24-19)21-26-22(33-27-21)15-6-7-15/h3-5,8-9,14-15H,6-7,10-13H2,1-2H3,(H,25,30). The quantitative estimate of drug-likeness (QED) is 0.609. The predicted octanol–water partition coefficient (Wildman–Crippen LogP) is 3.38. The number of para-hydroxylation sites is 1. The first-order valence-corrected chi connectivity index (χ1v) is 11.0. The Morgan fingerprint density at radius 3 is 2.58 bits per heavy atom. The Hall–Kier alpha value is -3.82. The van der Waals surface area contributed by atoms with E-state index < -0.39 is 0 Å². The van der Waals surface area contributed by atoms with Crippen molar-refractivity contribution in [2.75, 3.05) is 50.6 Å². The van der Waals surface area contributed by atoms with Crippen LogP contribution in [-0.4, -0.2) is 66.5 Å². The zero-order chi connectivity index (χ0) is 22.8. The zero-order valence-corrected chi connectivity index (χ0v) is 18.7. The largest absolute Gasteiger partial charge is 0.493 e. The molecule has 1 aliphatic carbocycles. The van der Waals surface area contributed by atoms with E-state index >= 15 is 0 Å². The van der Waals surface area contributed by atoms with Crippen LogP contribution in [0.2, 0.25) is 0 Å². The minimum absolute atomic E-state index is 0.173. The van der Waals surface area contributed by atoms with Gasteiger partial charge in [0.05, 0.1) is 19.9 Å². The van der Waals surface area contributed by atoms with Crippen molar-refractivity contribution in [3.8, 4) is 22.9 Å². The number of piperazine rings is 1. The first kappa shape index (κ1) is 21.0. The lowest BCUT2D eigenvalue weighted by atomic mass is 10.2. The molecule has 2 aliphatic rings. The number of amides is 2. The van der Waals surface area contributed by atoms with Crippen LogP contribution in [0.4, 0.5) is 16.3 Å². The lowest BCUT2D eigenvalue weighted by molar-refractivity contribution is 0.208. The summed E-state index contributed by atoms with van der Waals surface area (Å²) >= 11 is 0. The number of anilines is 2. The molecule has 5 rings (SSSR count). The summed E-state index contributed by atoms with van der Waals surface area (Å²) in [5.74, 6) is 3.65. The molecule has 2 fully saturated rings. The molecule has 2 aromatic heterocycles. The molecule has 0 atom stereocenters. The van der Waals surface area contributed by atoms with Crippen LogP contribution in [0, 0.1) is 0 Å². The number of urea groups is 1. The molecule has 1 aromatic carbocycles. The van der Waals surface area contributed by atoms with Crippen LogP contribution in [0.5, 0.6) is 11.5 Å². The number of rotatable bonds is 6. The van der Waals surface area contributed by atoms with E-state index in [4.69, 9.17) is 14.0 Å². The van der Waals surface area contributed by atoms with Crippen molar-refractivity contribution in [2.24, 2.45) is 0 Å². The van der Waals surface area contributed by atoms with Gasteiger partial charge in [-0.3, -0.25) is 0 Å². The van der Waals surface area contributed by atoms with Crippen molar-refractivity contribution < 1.29 is 18.8 Å². The van der Waals surface area contributed by atoms with Crippen LogP contribution in [-0.2, 0) is 0 Å². The number of hydrogen-bond acceptors (Lipinski definition) is 8. The lowest BCUT2D eigenvalue weighted by Crippen LogP contribution is -2.50. The van der Waals surface area contributed by atoms with Gasteiger partial charge in [0.25, 0.3) is 0 Å². The van der Waals surface area contributed by atoms with Crippen molar-refractivity contribution in [1.82, 2.24) is 20.0 Å². The van der Waals surface area contributed by atoms with E-state index in [-0.39, 0.29) is 6.03 Å². The third-order valence-electron chi connectivity index (χ3n) is 5.91. The normalized spacial score (nSPS) is 15.9. The highest BCUT2D eigenvalue weighted by Crippen LogP contribution is 2.39. The van der Waals surface area contributed by atoms with E-state index in [0.29, 0.717) is 55.1 Å². The van der Waals surface area contributed by atoms with Gasteiger partial charge in [0.1, 0.15) is 5.82 Å². The van der Waals surface area contributed by atoms with E-state index in [9.17, 15) is 4.79 Å². The molecule has 1 saturated carbocycles. The van der Waals surface area contributed by atoms with Gasteiger partial charge >= 0.3 is 6.03 Å². The average Bonchev–Trinajstić information content (AvgIpc) is 3.60. The molecule has 1 N–H and O–H groups in total. The number of nitrogens with zero attached hydrogens (tertiary/aromatic N) is 5. The summed E-state index contributed by atoms with van der Waals surface area (Å²) in [6.07, 6.45) is 4.01. The zero-order valence-electron chi connectivity index (χ0n) is 18.7. The summed E-state index contributed by atoms with van der Waals surface area (Å²) in [7, 11) is 3.12. The van der Waals surface area contributed by atoms with Gasteiger partial charge in [0.2, 0.25) is 11.7 Å².